The number of carbonyl (C=O) groups excluding carboxylic acids is 1. The molecular weight excluding hydrogens is 447 g/mol. The Labute approximate surface area is 187 Å². The maximum Gasteiger partial charge on any atom is 0.281 e. The van der Waals surface area contributed by atoms with Gasteiger partial charge in [0.15, 0.2) is 5.11 Å². The van der Waals surface area contributed by atoms with Gasteiger partial charge in [-0.25, -0.2) is 4.90 Å². The number of thiocarbonyl (C=S) groups is 1. The molecule has 1 N–H and O–H groups in total. The predicted octanol–water partition coefficient (Wildman–Crippen LogP) is 4.47. The van der Waals surface area contributed by atoms with E-state index >= 15 is 0 Å². The molecule has 10 heteroatoms. The van der Waals surface area contributed by atoms with Gasteiger partial charge in [0.2, 0.25) is 0 Å². The third-order valence-corrected chi connectivity index (χ3v) is 5.15. The third-order valence-electron chi connectivity index (χ3n) is 4.34. The summed E-state index contributed by atoms with van der Waals surface area (Å²) in [4.78, 5) is 14.3. The Morgan fingerprint density at radius 1 is 1.30 bits per heavy atom. The van der Waals surface area contributed by atoms with Gasteiger partial charge in [-0.05, 0) is 49.5 Å². The van der Waals surface area contributed by atoms with Crippen LogP contribution < -0.4 is 15.0 Å². The molecule has 0 radical (unpaired) electrons. The first kappa shape index (κ1) is 20.5. The number of ether oxygens (including phenoxy) is 1. The number of aromatic nitrogens is 2. The number of benzene rings is 1. The van der Waals surface area contributed by atoms with Gasteiger partial charge in [0.05, 0.1) is 16.4 Å². The minimum absolute atomic E-state index is 0.172. The Bertz CT molecular complexity index is 1180. The molecule has 2 aromatic heterocycles. The van der Waals surface area contributed by atoms with Gasteiger partial charge in [-0.2, -0.15) is 5.10 Å². The number of anilines is 1. The predicted molar refractivity (Wildman–Crippen MR) is 119 cm³/mol. The molecule has 3 aromatic rings. The summed E-state index contributed by atoms with van der Waals surface area (Å²) >= 11 is 17.3. The molecule has 154 valence electrons. The van der Waals surface area contributed by atoms with E-state index in [0.29, 0.717) is 44.4 Å². The smallest absolute Gasteiger partial charge is 0.281 e. The third kappa shape index (κ3) is 4.07. The highest BCUT2D eigenvalue weighted by Gasteiger charge is 2.34. The van der Waals surface area contributed by atoms with Gasteiger partial charge in [0.1, 0.15) is 29.6 Å². The van der Waals surface area contributed by atoms with Crippen molar-refractivity contribution in [2.24, 2.45) is 7.05 Å². The van der Waals surface area contributed by atoms with Crippen LogP contribution in [0.25, 0.3) is 6.08 Å². The van der Waals surface area contributed by atoms with Crippen LogP contribution in [0.3, 0.4) is 0 Å². The van der Waals surface area contributed by atoms with Crippen molar-refractivity contribution in [2.75, 3.05) is 4.90 Å². The first-order valence-corrected chi connectivity index (χ1v) is 10.0. The van der Waals surface area contributed by atoms with Gasteiger partial charge in [0, 0.05) is 24.3 Å². The number of amides is 1. The van der Waals surface area contributed by atoms with E-state index in [1.165, 1.54) is 4.90 Å². The number of rotatable bonds is 5. The molecule has 3 heterocycles. The Morgan fingerprint density at radius 2 is 2.10 bits per heavy atom. The zero-order chi connectivity index (χ0) is 21.4. The Morgan fingerprint density at radius 3 is 2.80 bits per heavy atom. The number of carbonyl (C=O) groups is 1. The van der Waals surface area contributed by atoms with Crippen LogP contribution in [0.1, 0.15) is 17.2 Å². The summed E-state index contributed by atoms with van der Waals surface area (Å²) in [5.74, 6) is 1.27. The van der Waals surface area contributed by atoms with E-state index in [4.69, 9.17) is 44.6 Å². The van der Waals surface area contributed by atoms with Crippen molar-refractivity contribution < 1.29 is 13.9 Å². The highest BCUT2D eigenvalue weighted by molar-refractivity contribution is 7.80. The zero-order valence-corrected chi connectivity index (χ0v) is 18.3. The SMILES string of the molecule is Cc1nn(C)cc1N1C(=O)/C(=C\c2ccc(COc3ccc(Cl)cc3Cl)o2)NC1=S. The van der Waals surface area contributed by atoms with E-state index in [1.54, 1.807) is 54.3 Å². The molecule has 1 aromatic carbocycles. The van der Waals surface area contributed by atoms with E-state index in [0.717, 1.165) is 0 Å². The molecule has 0 saturated carbocycles. The van der Waals surface area contributed by atoms with Gasteiger partial charge in [-0.3, -0.25) is 9.48 Å². The molecule has 0 spiro atoms. The number of hydrogen-bond donors (Lipinski definition) is 1. The van der Waals surface area contributed by atoms with Gasteiger partial charge < -0.3 is 14.5 Å². The summed E-state index contributed by atoms with van der Waals surface area (Å²) in [6, 6.07) is 8.48. The second kappa shape index (κ2) is 8.14. The summed E-state index contributed by atoms with van der Waals surface area (Å²) in [5.41, 5.74) is 1.65. The molecule has 30 heavy (non-hydrogen) atoms. The fourth-order valence-electron chi connectivity index (χ4n) is 2.99. The molecule has 1 aliphatic rings. The van der Waals surface area contributed by atoms with Crippen LogP contribution in [0.5, 0.6) is 5.75 Å². The average molecular weight is 463 g/mol. The minimum Gasteiger partial charge on any atom is -0.484 e. The number of furan rings is 1. The normalized spacial score (nSPS) is 15.2. The number of halogens is 2. The maximum absolute atomic E-state index is 12.8. The van der Waals surface area contributed by atoms with Crippen LogP contribution in [0.2, 0.25) is 10.0 Å². The molecule has 1 saturated heterocycles. The Kier molecular flexibility index (Phi) is 5.55. The first-order valence-electron chi connectivity index (χ1n) is 8.86. The van der Waals surface area contributed by atoms with Gasteiger partial charge in [-0.15, -0.1) is 0 Å². The summed E-state index contributed by atoms with van der Waals surface area (Å²) in [7, 11) is 1.79. The lowest BCUT2D eigenvalue weighted by Gasteiger charge is -2.11. The molecule has 0 atom stereocenters. The van der Waals surface area contributed by atoms with Gasteiger partial charge in [-0.1, -0.05) is 23.2 Å². The van der Waals surface area contributed by atoms with Crippen molar-refractivity contribution in [3.05, 3.63) is 69.5 Å². The molecule has 1 fully saturated rings. The van der Waals surface area contributed by atoms with Crippen LogP contribution in [0, 0.1) is 6.92 Å². The van der Waals surface area contributed by atoms with Crippen molar-refractivity contribution in [3.63, 3.8) is 0 Å². The Hall–Kier alpha value is -2.81. The van der Waals surface area contributed by atoms with Crippen LogP contribution in [0.4, 0.5) is 5.69 Å². The summed E-state index contributed by atoms with van der Waals surface area (Å²) < 4.78 is 13.0. The first-order chi connectivity index (χ1) is 14.3. The molecule has 0 unspecified atom stereocenters. The van der Waals surface area contributed by atoms with Crippen LogP contribution in [0.15, 0.2) is 46.6 Å². The van der Waals surface area contributed by atoms with Crippen LogP contribution in [-0.2, 0) is 18.4 Å². The Balaban J connectivity index is 1.48. The number of aryl methyl sites for hydroxylation is 2. The number of nitrogens with zero attached hydrogens (tertiary/aromatic N) is 3. The fraction of sp³-hybridized carbons (Fsp3) is 0.150. The lowest BCUT2D eigenvalue weighted by Crippen LogP contribution is -2.30. The summed E-state index contributed by atoms with van der Waals surface area (Å²) in [6.45, 7) is 1.99. The van der Waals surface area contributed by atoms with Crippen molar-refractivity contribution in [1.82, 2.24) is 15.1 Å². The van der Waals surface area contributed by atoms with E-state index in [2.05, 4.69) is 10.4 Å². The van der Waals surface area contributed by atoms with Crippen molar-refractivity contribution in [1.29, 1.82) is 0 Å². The fourth-order valence-corrected chi connectivity index (χ4v) is 3.75. The van der Waals surface area contributed by atoms with E-state index < -0.39 is 0 Å². The lowest BCUT2D eigenvalue weighted by molar-refractivity contribution is -0.113. The van der Waals surface area contributed by atoms with Gasteiger partial charge >= 0.3 is 0 Å². The van der Waals surface area contributed by atoms with Crippen LogP contribution in [-0.4, -0.2) is 20.8 Å². The molecule has 1 amide bonds. The topological polar surface area (TPSA) is 72.5 Å². The van der Waals surface area contributed by atoms with E-state index in [-0.39, 0.29) is 17.6 Å². The van der Waals surface area contributed by atoms with Crippen molar-refractivity contribution in [2.45, 2.75) is 13.5 Å². The zero-order valence-electron chi connectivity index (χ0n) is 16.0. The quantitative estimate of drug-likeness (QED) is 0.445. The number of nitrogens with one attached hydrogen (secondary N) is 1. The van der Waals surface area contributed by atoms with Crippen molar-refractivity contribution in [3.8, 4) is 5.75 Å². The van der Waals surface area contributed by atoms with Crippen LogP contribution >= 0.6 is 35.4 Å². The monoisotopic (exact) mass is 462 g/mol. The molecule has 7 nitrogen and oxygen atoms in total. The summed E-state index contributed by atoms with van der Waals surface area (Å²) in [5, 5.41) is 8.42. The van der Waals surface area contributed by atoms with Gasteiger partial charge in [0.25, 0.3) is 5.91 Å². The highest BCUT2D eigenvalue weighted by atomic mass is 35.5. The molecule has 4 rings (SSSR count). The van der Waals surface area contributed by atoms with Crippen molar-refractivity contribution >= 4 is 58.2 Å². The van der Waals surface area contributed by atoms with E-state index in [9.17, 15) is 4.79 Å². The molecule has 0 aliphatic carbocycles. The molecule has 1 aliphatic heterocycles. The minimum atomic E-state index is -0.279. The second-order valence-corrected chi connectivity index (χ2v) is 7.80. The average Bonchev–Trinajstić information content (AvgIpc) is 3.33. The largest absolute Gasteiger partial charge is 0.484 e. The number of hydrogen-bond acceptors (Lipinski definition) is 5. The second-order valence-electron chi connectivity index (χ2n) is 6.57. The van der Waals surface area contributed by atoms with E-state index in [1.807, 2.05) is 6.92 Å². The molecule has 0 bridgehead atoms. The summed E-state index contributed by atoms with van der Waals surface area (Å²) in [6.07, 6.45) is 3.34. The highest BCUT2D eigenvalue weighted by Crippen LogP contribution is 2.29. The lowest BCUT2D eigenvalue weighted by atomic mass is 10.3. The maximum atomic E-state index is 12.8. The molecular formula is C20H16Cl2N4O3S. The standard InChI is InChI=1S/C20H16Cl2N4O3S/c1-11-17(9-25(2)24-11)26-19(27)16(23-20(26)30)8-13-4-5-14(29-13)10-28-18-6-3-12(21)7-15(18)22/h3-9H,10H2,1-2H3,(H,23,30)/b16-8+.